The van der Waals surface area contributed by atoms with Crippen molar-refractivity contribution in [1.29, 1.82) is 0 Å². The molecule has 2 N–H and O–H groups in total. The number of aryl methyl sites for hydroxylation is 2. The molecule has 0 unspecified atom stereocenters. The van der Waals surface area contributed by atoms with Crippen molar-refractivity contribution in [2.24, 2.45) is 11.3 Å². The highest BCUT2D eigenvalue weighted by atomic mass is 35.5. The number of halogens is 2. The molecule has 3 atom stereocenters. The van der Waals surface area contributed by atoms with Gasteiger partial charge in [0.25, 0.3) is 0 Å². The van der Waals surface area contributed by atoms with E-state index in [9.17, 15) is 9.90 Å². The van der Waals surface area contributed by atoms with Crippen LogP contribution in [0.5, 0.6) is 5.75 Å². The van der Waals surface area contributed by atoms with E-state index in [4.69, 9.17) is 33.0 Å². The van der Waals surface area contributed by atoms with Crippen molar-refractivity contribution >= 4 is 40.3 Å². The molecule has 0 amide bonds. The topological polar surface area (TPSA) is 66.8 Å². The van der Waals surface area contributed by atoms with Gasteiger partial charge in [-0.25, -0.2) is 0 Å². The second-order valence-corrected chi connectivity index (χ2v) is 11.0. The Morgan fingerprint density at radius 2 is 2.00 bits per heavy atom. The van der Waals surface area contributed by atoms with Gasteiger partial charge in [0, 0.05) is 11.3 Å². The Morgan fingerprint density at radius 3 is 2.63 bits per heavy atom. The van der Waals surface area contributed by atoms with E-state index in [0.717, 1.165) is 16.9 Å². The van der Waals surface area contributed by atoms with Crippen LogP contribution in [-0.2, 0) is 12.8 Å². The summed E-state index contributed by atoms with van der Waals surface area (Å²) >= 11 is 14.2. The molecular formula is C23H26Cl2O4S. The lowest BCUT2D eigenvalue weighted by Crippen LogP contribution is -2.21. The molecule has 0 saturated heterocycles. The standard InChI is InChI=1S/C23H26Cl2O4S/c1-11-19-14(8-15-20(19)23(15,2)3)22(30-11)18(28)5-4-12-6-16(24)21(17(25)7-12)29-10-13(27)9-26/h6-7,13,15,20,26-27H,4-5,8-10H2,1-3H3/t13-,15-,20-/m1/s1. The van der Waals surface area contributed by atoms with Gasteiger partial charge >= 0.3 is 0 Å². The average Bonchev–Trinajstić information content (AvgIpc) is 3.02. The summed E-state index contributed by atoms with van der Waals surface area (Å²) in [6.07, 6.45) is 0.979. The number of thiophene rings is 1. The van der Waals surface area contributed by atoms with Gasteiger partial charge in [0.15, 0.2) is 11.5 Å². The Morgan fingerprint density at radius 1 is 1.33 bits per heavy atom. The van der Waals surface area contributed by atoms with Crippen LogP contribution in [0.3, 0.4) is 0 Å². The predicted octanol–water partition coefficient (Wildman–Crippen LogP) is 5.21. The first-order valence-electron chi connectivity index (χ1n) is 10.2. The Labute approximate surface area is 190 Å². The van der Waals surface area contributed by atoms with Crippen LogP contribution in [-0.4, -0.2) is 35.3 Å². The number of hydrogen-bond acceptors (Lipinski definition) is 5. The van der Waals surface area contributed by atoms with E-state index in [2.05, 4.69) is 20.8 Å². The van der Waals surface area contributed by atoms with Gasteiger partial charge in [-0.3, -0.25) is 4.79 Å². The van der Waals surface area contributed by atoms with Gasteiger partial charge in [-0.15, -0.1) is 11.3 Å². The predicted molar refractivity (Wildman–Crippen MR) is 120 cm³/mol. The number of rotatable bonds is 8. The van der Waals surface area contributed by atoms with E-state index in [1.54, 1.807) is 23.5 Å². The van der Waals surface area contributed by atoms with E-state index in [0.29, 0.717) is 40.1 Å². The van der Waals surface area contributed by atoms with E-state index in [1.807, 2.05) is 0 Å². The molecule has 7 heteroatoms. The Kier molecular flexibility index (Phi) is 5.97. The zero-order valence-electron chi connectivity index (χ0n) is 17.3. The molecule has 0 aliphatic heterocycles. The van der Waals surface area contributed by atoms with Crippen LogP contribution < -0.4 is 4.74 Å². The molecule has 1 aromatic heterocycles. The minimum absolute atomic E-state index is 0.102. The molecule has 2 aliphatic carbocycles. The number of benzene rings is 1. The first-order chi connectivity index (χ1) is 14.1. The van der Waals surface area contributed by atoms with E-state index in [-0.39, 0.29) is 18.1 Å². The third kappa shape index (κ3) is 3.80. The Balaban J connectivity index is 1.43. The van der Waals surface area contributed by atoms with Crippen LogP contribution in [0, 0.1) is 18.3 Å². The summed E-state index contributed by atoms with van der Waals surface area (Å²) in [6.45, 7) is 6.29. The number of aliphatic hydroxyl groups excluding tert-OH is 2. The van der Waals surface area contributed by atoms with Crippen molar-refractivity contribution in [3.63, 3.8) is 0 Å². The van der Waals surface area contributed by atoms with Crippen LogP contribution in [0.4, 0.5) is 0 Å². The lowest BCUT2D eigenvalue weighted by atomic mass is 9.94. The average molecular weight is 469 g/mol. The highest BCUT2D eigenvalue weighted by Crippen LogP contribution is 2.71. The van der Waals surface area contributed by atoms with Crippen molar-refractivity contribution in [2.45, 2.75) is 52.1 Å². The summed E-state index contributed by atoms with van der Waals surface area (Å²) in [5.74, 6) is 1.77. The quantitative estimate of drug-likeness (QED) is 0.521. The lowest BCUT2D eigenvalue weighted by molar-refractivity contribution is 0.0537. The number of carbonyl (C=O) groups is 1. The van der Waals surface area contributed by atoms with E-state index in [1.165, 1.54) is 16.0 Å². The Hall–Kier alpha value is -1.11. The fourth-order valence-corrected chi connectivity index (χ4v) is 6.70. The molecule has 162 valence electrons. The monoisotopic (exact) mass is 468 g/mol. The molecule has 4 rings (SSSR count). The second-order valence-electron chi connectivity index (χ2n) is 8.95. The maximum absolute atomic E-state index is 13.0. The molecule has 0 spiro atoms. The molecule has 4 nitrogen and oxygen atoms in total. The van der Waals surface area contributed by atoms with Crippen LogP contribution >= 0.6 is 34.5 Å². The van der Waals surface area contributed by atoms with Gasteiger partial charge in [-0.2, -0.15) is 0 Å². The number of ether oxygens (including phenoxy) is 1. The summed E-state index contributed by atoms with van der Waals surface area (Å²) in [7, 11) is 0. The SMILES string of the molecule is Cc1sc(C(=O)CCc2cc(Cl)c(OC[C@H](O)CO)c(Cl)c2)c2c1[C@H]1[C@@H](C2)C1(C)C. The largest absolute Gasteiger partial charge is 0.488 e. The van der Waals surface area contributed by atoms with E-state index < -0.39 is 12.7 Å². The van der Waals surface area contributed by atoms with E-state index >= 15 is 0 Å². The minimum atomic E-state index is -0.998. The maximum atomic E-state index is 13.0. The van der Waals surface area contributed by atoms with Gasteiger partial charge in [-0.1, -0.05) is 37.0 Å². The minimum Gasteiger partial charge on any atom is -0.488 e. The zero-order valence-corrected chi connectivity index (χ0v) is 19.6. The fourth-order valence-electron chi connectivity index (χ4n) is 4.86. The fraction of sp³-hybridized carbons (Fsp3) is 0.522. The molecule has 2 aliphatic rings. The summed E-state index contributed by atoms with van der Waals surface area (Å²) in [5.41, 5.74) is 3.97. The first kappa shape index (κ1) is 22.1. The third-order valence-corrected chi connectivity index (χ3v) is 8.37. The molecule has 1 saturated carbocycles. The molecule has 0 bridgehead atoms. The van der Waals surface area contributed by atoms with Crippen LogP contribution in [0.25, 0.3) is 0 Å². The van der Waals surface area contributed by atoms with Gasteiger partial charge in [0.05, 0.1) is 21.5 Å². The van der Waals surface area contributed by atoms with Crippen molar-refractivity contribution in [3.8, 4) is 5.75 Å². The molecule has 1 heterocycles. The number of carbonyl (C=O) groups excluding carboxylic acids is 1. The van der Waals surface area contributed by atoms with Crippen LogP contribution in [0.1, 0.15) is 57.4 Å². The first-order valence-corrected chi connectivity index (χ1v) is 11.8. The van der Waals surface area contributed by atoms with Crippen LogP contribution in [0.2, 0.25) is 10.0 Å². The van der Waals surface area contributed by atoms with Crippen LogP contribution in [0.15, 0.2) is 12.1 Å². The van der Waals surface area contributed by atoms with Gasteiger partial charge in [0.1, 0.15) is 12.7 Å². The normalized spacial score (nSPS) is 21.8. The molecular weight excluding hydrogens is 443 g/mol. The number of aliphatic hydroxyl groups is 2. The molecule has 1 fully saturated rings. The molecule has 30 heavy (non-hydrogen) atoms. The maximum Gasteiger partial charge on any atom is 0.173 e. The van der Waals surface area contributed by atoms with Crippen molar-refractivity contribution < 1.29 is 19.7 Å². The summed E-state index contributed by atoms with van der Waals surface area (Å²) in [6, 6.07) is 3.48. The molecule has 1 aromatic carbocycles. The molecule has 0 radical (unpaired) electrons. The highest BCUT2D eigenvalue weighted by Gasteiger charge is 2.63. The lowest BCUT2D eigenvalue weighted by Gasteiger charge is -2.14. The van der Waals surface area contributed by atoms with Gasteiger partial charge < -0.3 is 14.9 Å². The number of hydrogen-bond donors (Lipinski definition) is 2. The second kappa shape index (κ2) is 8.10. The molecule has 2 aromatic rings. The highest BCUT2D eigenvalue weighted by molar-refractivity contribution is 7.14. The van der Waals surface area contributed by atoms with Gasteiger partial charge in [-0.05, 0) is 65.8 Å². The smallest absolute Gasteiger partial charge is 0.173 e. The number of Topliss-reactive ketones (excluding diaryl/α,β-unsaturated/α-hetero) is 1. The van der Waals surface area contributed by atoms with Crippen molar-refractivity contribution in [2.75, 3.05) is 13.2 Å². The number of ketones is 1. The summed E-state index contributed by atoms with van der Waals surface area (Å²) in [4.78, 5) is 15.2. The third-order valence-electron chi connectivity index (χ3n) is 6.60. The van der Waals surface area contributed by atoms with Crippen molar-refractivity contribution in [3.05, 3.63) is 48.6 Å². The van der Waals surface area contributed by atoms with Gasteiger partial charge in [0.2, 0.25) is 0 Å². The summed E-state index contributed by atoms with van der Waals surface area (Å²) < 4.78 is 5.42. The Bertz CT molecular complexity index is 974. The zero-order chi connectivity index (χ0) is 21.8. The number of fused-ring (bicyclic) bond motifs is 3. The summed E-state index contributed by atoms with van der Waals surface area (Å²) in [5, 5.41) is 19.0. The van der Waals surface area contributed by atoms with Crippen molar-refractivity contribution in [1.82, 2.24) is 0 Å².